The van der Waals surface area contributed by atoms with Gasteiger partial charge in [-0.1, -0.05) is 6.92 Å². The van der Waals surface area contributed by atoms with Crippen LogP contribution in [0.15, 0.2) is 6.20 Å². The molecule has 4 heteroatoms. The molecule has 0 aliphatic heterocycles. The van der Waals surface area contributed by atoms with Crippen molar-refractivity contribution in [3.63, 3.8) is 0 Å². The van der Waals surface area contributed by atoms with Crippen LogP contribution in [0.1, 0.15) is 45.9 Å². The first-order valence-corrected chi connectivity index (χ1v) is 6.47. The van der Waals surface area contributed by atoms with Gasteiger partial charge in [-0.25, -0.2) is 0 Å². The van der Waals surface area contributed by atoms with Crippen LogP contribution in [0.2, 0.25) is 0 Å². The van der Waals surface area contributed by atoms with Gasteiger partial charge in [0, 0.05) is 12.2 Å². The minimum absolute atomic E-state index is 0.310. The van der Waals surface area contributed by atoms with Crippen molar-refractivity contribution in [1.29, 1.82) is 0 Å². The van der Waals surface area contributed by atoms with E-state index in [1.165, 1.54) is 3.57 Å². The van der Waals surface area contributed by atoms with Crippen molar-refractivity contribution in [2.45, 2.75) is 52.9 Å². The zero-order valence-electron chi connectivity index (χ0n) is 9.83. The highest BCUT2D eigenvalue weighted by Gasteiger charge is 2.09. The van der Waals surface area contributed by atoms with E-state index in [0.29, 0.717) is 18.8 Å². The van der Waals surface area contributed by atoms with Crippen LogP contribution in [-0.2, 0) is 11.3 Å². The minimum Gasteiger partial charge on any atom is -0.372 e. The second-order valence-electron chi connectivity index (χ2n) is 4.03. The van der Waals surface area contributed by atoms with Crippen molar-refractivity contribution in [3.05, 3.63) is 15.5 Å². The van der Waals surface area contributed by atoms with Crippen LogP contribution in [0.3, 0.4) is 0 Å². The molecule has 3 nitrogen and oxygen atoms in total. The number of ether oxygens (including phenoxy) is 1. The summed E-state index contributed by atoms with van der Waals surface area (Å²) in [6, 6.07) is 0.413. The number of hydrogen-bond acceptors (Lipinski definition) is 2. The zero-order valence-corrected chi connectivity index (χ0v) is 12.0. The van der Waals surface area contributed by atoms with Crippen molar-refractivity contribution in [3.8, 4) is 0 Å². The van der Waals surface area contributed by atoms with E-state index in [1.54, 1.807) is 0 Å². The predicted octanol–water partition coefficient (Wildman–Crippen LogP) is 3.38. The molecule has 0 bridgehead atoms. The van der Waals surface area contributed by atoms with Crippen molar-refractivity contribution < 1.29 is 4.74 Å². The maximum absolute atomic E-state index is 5.67. The number of hydrogen-bond donors (Lipinski definition) is 0. The largest absolute Gasteiger partial charge is 0.372 e. The smallest absolute Gasteiger partial charge is 0.101 e. The van der Waals surface area contributed by atoms with Gasteiger partial charge in [0.05, 0.1) is 16.3 Å². The summed E-state index contributed by atoms with van der Waals surface area (Å²) in [6.45, 7) is 9.09. The number of halogens is 1. The van der Waals surface area contributed by atoms with E-state index in [1.807, 2.05) is 4.68 Å². The minimum atomic E-state index is 0.310. The summed E-state index contributed by atoms with van der Waals surface area (Å²) in [4.78, 5) is 0. The lowest BCUT2D eigenvalue weighted by atomic mass is 10.3. The van der Waals surface area contributed by atoms with Crippen LogP contribution < -0.4 is 0 Å². The molecule has 0 saturated heterocycles. The molecule has 1 rings (SSSR count). The molecule has 0 saturated carbocycles. The summed E-state index contributed by atoms with van der Waals surface area (Å²) in [7, 11) is 0. The van der Waals surface area contributed by atoms with E-state index < -0.39 is 0 Å². The van der Waals surface area contributed by atoms with Gasteiger partial charge in [-0.05, 0) is 49.8 Å². The van der Waals surface area contributed by atoms with Crippen LogP contribution in [0.4, 0.5) is 0 Å². The Morgan fingerprint density at radius 2 is 2.13 bits per heavy atom. The zero-order chi connectivity index (χ0) is 11.4. The first kappa shape index (κ1) is 13.0. The highest BCUT2D eigenvalue weighted by atomic mass is 127. The van der Waals surface area contributed by atoms with Gasteiger partial charge >= 0.3 is 0 Å². The van der Waals surface area contributed by atoms with Crippen LogP contribution in [0.5, 0.6) is 0 Å². The molecule has 0 aliphatic rings. The third-order valence-corrected chi connectivity index (χ3v) is 3.27. The first-order chi connectivity index (χ1) is 7.04. The maximum Gasteiger partial charge on any atom is 0.101 e. The average Bonchev–Trinajstić information content (AvgIpc) is 2.56. The molecular formula is C11H19IN2O. The Morgan fingerprint density at radius 3 is 2.60 bits per heavy atom. The Labute approximate surface area is 105 Å². The lowest BCUT2D eigenvalue weighted by molar-refractivity contribution is 0.0482. The summed E-state index contributed by atoms with van der Waals surface area (Å²) < 4.78 is 8.84. The van der Waals surface area contributed by atoms with E-state index in [-0.39, 0.29) is 0 Å². The third kappa shape index (κ3) is 3.75. The normalized spacial score (nSPS) is 13.5. The molecule has 15 heavy (non-hydrogen) atoms. The molecule has 0 amide bonds. The van der Waals surface area contributed by atoms with Gasteiger partial charge in [-0.15, -0.1) is 0 Å². The SMILES string of the molecule is CC[C@H](C)OCc1nn(C(C)C)cc1I. The molecule has 0 N–H and O–H groups in total. The van der Waals surface area contributed by atoms with E-state index in [2.05, 4.69) is 61.6 Å². The second-order valence-corrected chi connectivity index (χ2v) is 5.19. The predicted molar refractivity (Wildman–Crippen MR) is 69.9 cm³/mol. The quantitative estimate of drug-likeness (QED) is 0.777. The highest BCUT2D eigenvalue weighted by Crippen LogP contribution is 2.15. The van der Waals surface area contributed by atoms with Crippen molar-refractivity contribution in [2.24, 2.45) is 0 Å². The number of nitrogens with zero attached hydrogens (tertiary/aromatic N) is 2. The fourth-order valence-corrected chi connectivity index (χ4v) is 1.66. The summed E-state index contributed by atoms with van der Waals surface area (Å²) >= 11 is 2.31. The topological polar surface area (TPSA) is 27.1 Å². The molecule has 0 spiro atoms. The molecule has 0 aromatic carbocycles. The fraction of sp³-hybridized carbons (Fsp3) is 0.727. The van der Waals surface area contributed by atoms with E-state index in [0.717, 1.165) is 12.1 Å². The van der Waals surface area contributed by atoms with Crippen LogP contribution in [0.25, 0.3) is 0 Å². The van der Waals surface area contributed by atoms with E-state index >= 15 is 0 Å². The third-order valence-electron chi connectivity index (χ3n) is 2.37. The van der Waals surface area contributed by atoms with Gasteiger partial charge in [0.15, 0.2) is 0 Å². The van der Waals surface area contributed by atoms with E-state index in [4.69, 9.17) is 4.74 Å². The van der Waals surface area contributed by atoms with Crippen molar-refractivity contribution in [2.75, 3.05) is 0 Å². The lowest BCUT2D eigenvalue weighted by Crippen LogP contribution is -2.08. The lowest BCUT2D eigenvalue weighted by Gasteiger charge is -2.09. The Balaban J connectivity index is 2.61. The monoisotopic (exact) mass is 322 g/mol. The Hall–Kier alpha value is -0.100. The summed E-state index contributed by atoms with van der Waals surface area (Å²) in [5, 5.41) is 4.50. The highest BCUT2D eigenvalue weighted by molar-refractivity contribution is 14.1. The maximum atomic E-state index is 5.67. The van der Waals surface area contributed by atoms with Crippen molar-refractivity contribution >= 4 is 22.6 Å². The van der Waals surface area contributed by atoms with Gasteiger partial charge < -0.3 is 4.74 Å². The number of rotatable bonds is 5. The van der Waals surface area contributed by atoms with Crippen molar-refractivity contribution in [1.82, 2.24) is 9.78 Å². The molecule has 0 aliphatic carbocycles. The second kappa shape index (κ2) is 5.84. The molecule has 86 valence electrons. The Kier molecular flexibility index (Phi) is 5.05. The molecule has 1 atom stereocenters. The van der Waals surface area contributed by atoms with Crippen LogP contribution >= 0.6 is 22.6 Å². The number of aromatic nitrogens is 2. The van der Waals surface area contributed by atoms with Crippen LogP contribution in [0, 0.1) is 3.57 Å². The molecular weight excluding hydrogens is 303 g/mol. The van der Waals surface area contributed by atoms with Gasteiger partial charge in [-0.2, -0.15) is 5.10 Å². The Bertz CT molecular complexity index is 310. The molecule has 1 aromatic rings. The van der Waals surface area contributed by atoms with Gasteiger partial charge in [-0.3, -0.25) is 4.68 Å². The summed E-state index contributed by atoms with van der Waals surface area (Å²) in [5.41, 5.74) is 1.05. The summed E-state index contributed by atoms with van der Waals surface area (Å²) in [6.07, 6.45) is 3.42. The molecule has 1 aromatic heterocycles. The molecule has 1 heterocycles. The van der Waals surface area contributed by atoms with Gasteiger partial charge in [0.2, 0.25) is 0 Å². The van der Waals surface area contributed by atoms with Crippen LogP contribution in [-0.4, -0.2) is 15.9 Å². The fourth-order valence-electron chi connectivity index (χ4n) is 1.11. The molecule has 0 radical (unpaired) electrons. The first-order valence-electron chi connectivity index (χ1n) is 5.39. The Morgan fingerprint density at radius 1 is 1.47 bits per heavy atom. The average molecular weight is 322 g/mol. The molecule has 0 unspecified atom stereocenters. The standard InChI is InChI=1S/C11H19IN2O/c1-5-9(4)15-7-11-10(12)6-14(13-11)8(2)3/h6,8-9H,5,7H2,1-4H3/t9-/m0/s1. The van der Waals surface area contributed by atoms with E-state index in [9.17, 15) is 0 Å². The van der Waals surface area contributed by atoms with Gasteiger partial charge in [0.1, 0.15) is 5.69 Å². The summed E-state index contributed by atoms with van der Waals surface area (Å²) in [5.74, 6) is 0. The molecule has 0 fully saturated rings. The van der Waals surface area contributed by atoms with Gasteiger partial charge in [0.25, 0.3) is 0 Å².